The number of anilines is 1. The van der Waals surface area contributed by atoms with E-state index >= 15 is 0 Å². The molecule has 1 aliphatic carbocycles. The summed E-state index contributed by atoms with van der Waals surface area (Å²) in [5, 5.41) is 2.71. The van der Waals surface area contributed by atoms with Gasteiger partial charge in [0.15, 0.2) is 5.78 Å². The first-order valence-electron chi connectivity index (χ1n) is 8.92. The minimum atomic E-state index is -0.271. The number of carbonyl (C=O) groups excluding carboxylic acids is 2. The third-order valence-electron chi connectivity index (χ3n) is 4.85. The first-order valence-corrected chi connectivity index (χ1v) is 8.92. The quantitative estimate of drug-likeness (QED) is 0.770. The van der Waals surface area contributed by atoms with Gasteiger partial charge in [0, 0.05) is 18.2 Å². The van der Waals surface area contributed by atoms with Gasteiger partial charge >= 0.3 is 0 Å². The van der Waals surface area contributed by atoms with Gasteiger partial charge in [-0.2, -0.15) is 0 Å². The zero-order chi connectivity index (χ0) is 18.8. The van der Waals surface area contributed by atoms with E-state index in [4.69, 9.17) is 0 Å². The average Bonchev–Trinajstić information content (AvgIpc) is 2.69. The molecule has 0 aliphatic heterocycles. The average molecular weight is 357 g/mol. The van der Waals surface area contributed by atoms with E-state index in [2.05, 4.69) is 39.6 Å². The second-order valence-electron chi connectivity index (χ2n) is 6.81. The number of benzene rings is 2. The van der Waals surface area contributed by atoms with E-state index < -0.39 is 0 Å². The number of aromatic nitrogens is 2. The molecule has 3 aromatic rings. The number of fused-ring (bicyclic) bond motifs is 1. The number of rotatable bonds is 3. The zero-order valence-corrected chi connectivity index (χ0v) is 15.0. The molecule has 0 saturated carbocycles. The van der Waals surface area contributed by atoms with Crippen molar-refractivity contribution in [3.8, 4) is 0 Å². The molecule has 0 radical (unpaired) electrons. The van der Waals surface area contributed by atoms with Crippen LogP contribution in [0.25, 0.3) is 0 Å². The Labute approximate surface area is 157 Å². The van der Waals surface area contributed by atoms with Crippen LogP contribution in [0.3, 0.4) is 0 Å². The fraction of sp³-hybridized carbons (Fsp3) is 0.182. The monoisotopic (exact) mass is 357 g/mol. The van der Waals surface area contributed by atoms with Gasteiger partial charge in [-0.1, -0.05) is 48.0 Å². The predicted molar refractivity (Wildman–Crippen MR) is 103 cm³/mol. The molecular formula is C22H19N3O2. The second kappa shape index (κ2) is 7.11. The van der Waals surface area contributed by atoms with Crippen LogP contribution in [0.1, 0.15) is 49.9 Å². The van der Waals surface area contributed by atoms with Crippen LogP contribution in [0, 0.1) is 6.92 Å². The first kappa shape index (κ1) is 17.1. The molecule has 0 fully saturated rings. The van der Waals surface area contributed by atoms with Gasteiger partial charge in [-0.15, -0.1) is 0 Å². The third-order valence-corrected chi connectivity index (χ3v) is 4.85. The second-order valence-corrected chi connectivity index (χ2v) is 6.81. The fourth-order valence-corrected chi connectivity index (χ4v) is 3.34. The first-order chi connectivity index (χ1) is 13.1. The van der Waals surface area contributed by atoms with E-state index in [1.807, 2.05) is 13.0 Å². The molecule has 2 aromatic carbocycles. The van der Waals surface area contributed by atoms with Crippen LogP contribution in [0.4, 0.5) is 5.95 Å². The van der Waals surface area contributed by atoms with E-state index in [1.54, 1.807) is 24.3 Å². The molecule has 0 unspecified atom stereocenters. The molecule has 0 saturated heterocycles. The van der Waals surface area contributed by atoms with E-state index in [0.29, 0.717) is 29.7 Å². The van der Waals surface area contributed by atoms with Crippen LogP contribution < -0.4 is 5.32 Å². The highest BCUT2D eigenvalue weighted by molar-refractivity contribution is 6.03. The number of nitrogens with zero attached hydrogens (tertiary/aromatic N) is 2. The number of amides is 1. The van der Waals surface area contributed by atoms with Crippen molar-refractivity contribution in [3.63, 3.8) is 0 Å². The lowest BCUT2D eigenvalue weighted by molar-refractivity contribution is 0.0962. The SMILES string of the molecule is Cc1ccc([C@H]2CC(=O)c3cnc(NC(=O)c4ccccc4)nc3C2)cc1. The predicted octanol–water partition coefficient (Wildman–Crippen LogP) is 3.95. The van der Waals surface area contributed by atoms with Crippen LogP contribution in [0.2, 0.25) is 0 Å². The highest BCUT2D eigenvalue weighted by Gasteiger charge is 2.28. The van der Waals surface area contributed by atoms with Crippen LogP contribution in [0.15, 0.2) is 60.8 Å². The number of hydrogen-bond acceptors (Lipinski definition) is 4. The van der Waals surface area contributed by atoms with Crippen molar-refractivity contribution in [1.29, 1.82) is 0 Å². The van der Waals surface area contributed by atoms with Gasteiger partial charge < -0.3 is 0 Å². The number of Topliss-reactive ketones (excluding diaryl/α,β-unsaturated/α-hetero) is 1. The van der Waals surface area contributed by atoms with Gasteiger partial charge in [0.2, 0.25) is 5.95 Å². The summed E-state index contributed by atoms with van der Waals surface area (Å²) in [7, 11) is 0. The van der Waals surface area contributed by atoms with Gasteiger partial charge in [-0.05, 0) is 37.0 Å². The molecule has 1 amide bonds. The van der Waals surface area contributed by atoms with Crippen LogP contribution in [-0.4, -0.2) is 21.7 Å². The molecule has 134 valence electrons. The molecule has 1 aliphatic rings. The third kappa shape index (κ3) is 3.62. The highest BCUT2D eigenvalue weighted by atomic mass is 16.1. The Kier molecular flexibility index (Phi) is 4.50. The standard InChI is InChI=1S/C22H19N3O2/c1-14-7-9-15(10-8-14)17-11-19-18(20(26)12-17)13-23-22(24-19)25-21(27)16-5-3-2-4-6-16/h2-10,13,17H,11-12H2,1H3,(H,23,24,25,27)/t17-/m1/s1. The Morgan fingerprint density at radius 3 is 2.52 bits per heavy atom. The normalized spacial score (nSPS) is 15.9. The summed E-state index contributed by atoms with van der Waals surface area (Å²) in [6.45, 7) is 2.04. The van der Waals surface area contributed by atoms with Crippen LogP contribution in [0.5, 0.6) is 0 Å². The van der Waals surface area contributed by atoms with Crippen molar-refractivity contribution in [2.75, 3.05) is 5.32 Å². The van der Waals surface area contributed by atoms with Gasteiger partial charge in [0.05, 0.1) is 11.3 Å². The van der Waals surface area contributed by atoms with E-state index in [0.717, 1.165) is 5.56 Å². The lowest BCUT2D eigenvalue weighted by Gasteiger charge is -2.23. The number of hydrogen-bond donors (Lipinski definition) is 1. The Morgan fingerprint density at radius 1 is 1.04 bits per heavy atom. The molecule has 1 aromatic heterocycles. The lowest BCUT2D eigenvalue weighted by atomic mass is 9.82. The van der Waals surface area contributed by atoms with Crippen molar-refractivity contribution >= 4 is 17.6 Å². The molecule has 0 bridgehead atoms. The van der Waals surface area contributed by atoms with Gasteiger partial charge in [-0.3, -0.25) is 14.9 Å². The smallest absolute Gasteiger partial charge is 0.258 e. The molecular weight excluding hydrogens is 338 g/mol. The summed E-state index contributed by atoms with van der Waals surface area (Å²) in [4.78, 5) is 33.4. The summed E-state index contributed by atoms with van der Waals surface area (Å²) in [5.41, 5.74) is 4.10. The number of aryl methyl sites for hydroxylation is 1. The molecule has 1 N–H and O–H groups in total. The summed E-state index contributed by atoms with van der Waals surface area (Å²) in [6.07, 6.45) is 2.63. The van der Waals surface area contributed by atoms with E-state index in [-0.39, 0.29) is 23.6 Å². The number of ketones is 1. The van der Waals surface area contributed by atoms with Crippen LogP contribution >= 0.6 is 0 Å². The van der Waals surface area contributed by atoms with Crippen molar-refractivity contribution in [3.05, 3.63) is 88.7 Å². The Morgan fingerprint density at radius 2 is 1.78 bits per heavy atom. The maximum atomic E-state index is 12.5. The van der Waals surface area contributed by atoms with Crippen molar-refractivity contribution < 1.29 is 9.59 Å². The maximum absolute atomic E-state index is 12.5. The van der Waals surface area contributed by atoms with E-state index in [9.17, 15) is 9.59 Å². The molecule has 0 spiro atoms. The Balaban J connectivity index is 1.57. The summed E-state index contributed by atoms with van der Waals surface area (Å²) in [6, 6.07) is 17.1. The van der Waals surface area contributed by atoms with E-state index in [1.165, 1.54) is 11.8 Å². The molecule has 1 atom stereocenters. The minimum absolute atomic E-state index is 0.0442. The van der Waals surface area contributed by atoms with Crippen molar-refractivity contribution in [1.82, 2.24) is 9.97 Å². The number of nitrogens with one attached hydrogen (secondary N) is 1. The molecule has 5 heteroatoms. The van der Waals surface area contributed by atoms with Crippen molar-refractivity contribution in [2.24, 2.45) is 0 Å². The molecule has 4 rings (SSSR count). The lowest BCUT2D eigenvalue weighted by Crippen LogP contribution is -2.22. The Bertz CT molecular complexity index is 998. The minimum Gasteiger partial charge on any atom is -0.294 e. The molecule has 27 heavy (non-hydrogen) atoms. The fourth-order valence-electron chi connectivity index (χ4n) is 3.34. The zero-order valence-electron chi connectivity index (χ0n) is 15.0. The van der Waals surface area contributed by atoms with Gasteiger partial charge in [0.25, 0.3) is 5.91 Å². The molecule has 1 heterocycles. The number of carbonyl (C=O) groups is 2. The Hall–Kier alpha value is -3.34. The van der Waals surface area contributed by atoms with Crippen LogP contribution in [-0.2, 0) is 6.42 Å². The van der Waals surface area contributed by atoms with Gasteiger partial charge in [-0.25, -0.2) is 9.97 Å². The summed E-state index contributed by atoms with van der Waals surface area (Å²) in [5.74, 6) is 0.0914. The highest BCUT2D eigenvalue weighted by Crippen LogP contribution is 2.32. The molecule has 5 nitrogen and oxygen atoms in total. The topological polar surface area (TPSA) is 72.0 Å². The largest absolute Gasteiger partial charge is 0.294 e. The van der Waals surface area contributed by atoms with Crippen molar-refractivity contribution in [2.45, 2.75) is 25.7 Å². The summed E-state index contributed by atoms with van der Waals surface area (Å²) < 4.78 is 0. The summed E-state index contributed by atoms with van der Waals surface area (Å²) >= 11 is 0. The van der Waals surface area contributed by atoms with Gasteiger partial charge in [0.1, 0.15) is 0 Å². The maximum Gasteiger partial charge on any atom is 0.258 e.